The molecule has 4 fully saturated rings. The third kappa shape index (κ3) is 4.53. The topological polar surface area (TPSA) is 91.7 Å². The SMILES string of the molecule is CCc1c(F)ccc2cc(O)cc(-c3ncc4c(N5C6CCC5CC(=O)C6)nc(OC[C@@]56CCCN5C[C@H](F)C6)nc4c3F)c12. The minimum atomic E-state index is -0.926. The fraction of sp³-hybridized carbons (Fsp3) is 0.471. The molecule has 234 valence electrons. The maximum Gasteiger partial charge on any atom is 0.319 e. The zero-order valence-electron chi connectivity index (χ0n) is 25.0. The monoisotopic (exact) mass is 617 g/mol. The number of hydrogen-bond acceptors (Lipinski definition) is 8. The highest BCUT2D eigenvalue weighted by Crippen LogP contribution is 2.44. The second kappa shape index (κ2) is 10.5. The number of carbonyl (C=O) groups excluding carboxylic acids is 1. The molecule has 4 aliphatic heterocycles. The number of benzene rings is 2. The Balaban J connectivity index is 1.29. The van der Waals surface area contributed by atoms with E-state index in [-0.39, 0.29) is 53.0 Å². The molecule has 4 saturated heterocycles. The zero-order valence-corrected chi connectivity index (χ0v) is 25.0. The molecule has 1 N–H and O–H groups in total. The molecule has 2 aromatic heterocycles. The number of fused-ring (bicyclic) bond motifs is 5. The van der Waals surface area contributed by atoms with E-state index in [1.54, 1.807) is 6.07 Å². The number of halogens is 3. The van der Waals surface area contributed by atoms with E-state index < -0.39 is 23.3 Å². The van der Waals surface area contributed by atoms with E-state index in [0.717, 1.165) is 32.2 Å². The summed E-state index contributed by atoms with van der Waals surface area (Å²) < 4.78 is 52.5. The number of ketones is 1. The number of hydrogen-bond donors (Lipinski definition) is 1. The van der Waals surface area contributed by atoms with Crippen LogP contribution in [-0.2, 0) is 11.2 Å². The number of nitrogens with zero attached hydrogens (tertiary/aromatic N) is 5. The van der Waals surface area contributed by atoms with Crippen LogP contribution in [0.15, 0.2) is 30.5 Å². The molecule has 2 bridgehead atoms. The molecule has 4 aliphatic rings. The Bertz CT molecular complexity index is 1850. The van der Waals surface area contributed by atoms with Gasteiger partial charge in [0.25, 0.3) is 0 Å². The van der Waals surface area contributed by atoms with Gasteiger partial charge in [-0.25, -0.2) is 13.2 Å². The lowest BCUT2D eigenvalue weighted by molar-refractivity contribution is -0.120. The van der Waals surface area contributed by atoms with Crippen LogP contribution in [0.4, 0.5) is 19.0 Å². The van der Waals surface area contributed by atoms with Crippen LogP contribution in [0.25, 0.3) is 32.9 Å². The molecule has 0 aliphatic carbocycles. The smallest absolute Gasteiger partial charge is 0.319 e. The Hall–Kier alpha value is -3.99. The van der Waals surface area contributed by atoms with Crippen LogP contribution in [0.1, 0.15) is 57.4 Å². The molecule has 2 aromatic carbocycles. The third-order valence-electron chi connectivity index (χ3n) is 10.4. The van der Waals surface area contributed by atoms with E-state index >= 15 is 4.39 Å². The quantitative estimate of drug-likeness (QED) is 0.280. The first-order valence-corrected chi connectivity index (χ1v) is 15.9. The standard InChI is InChI=1S/C34H34F3N5O3/c1-2-24-27(36)7-4-18-10-22(43)13-25(28(18)24)30-29(37)31-26(15-38-30)32(42-20-5-6-21(42)12-23(44)11-20)40-33(39-31)45-17-34-8-3-9-41(34)16-19(35)14-34/h4,7,10,13,15,19-21,43H,2-3,5-6,8-9,11-12,14,16-17H2,1H3/t19-,20?,21?,34+/m1/s1. The highest BCUT2D eigenvalue weighted by Gasteiger charge is 2.49. The molecule has 11 heteroatoms. The molecule has 0 saturated carbocycles. The molecule has 4 atom stereocenters. The van der Waals surface area contributed by atoms with Gasteiger partial charge in [0.1, 0.15) is 47.2 Å². The summed E-state index contributed by atoms with van der Waals surface area (Å²) in [6, 6.07) is 5.66. The van der Waals surface area contributed by atoms with Crippen molar-refractivity contribution in [2.24, 2.45) is 0 Å². The molecule has 45 heavy (non-hydrogen) atoms. The number of aromatic nitrogens is 3. The second-order valence-electron chi connectivity index (χ2n) is 13.1. The summed E-state index contributed by atoms with van der Waals surface area (Å²) in [5.74, 6) is -0.597. The predicted molar refractivity (Wildman–Crippen MR) is 163 cm³/mol. The maximum absolute atomic E-state index is 16.8. The van der Waals surface area contributed by atoms with Crippen molar-refractivity contribution in [3.8, 4) is 23.0 Å². The van der Waals surface area contributed by atoms with Gasteiger partial charge in [-0.15, -0.1) is 0 Å². The van der Waals surface area contributed by atoms with Gasteiger partial charge in [0.2, 0.25) is 0 Å². The Labute approximate surface area is 258 Å². The van der Waals surface area contributed by atoms with E-state index in [9.17, 15) is 18.7 Å². The summed E-state index contributed by atoms with van der Waals surface area (Å²) in [6.07, 6.45) is 5.50. The minimum Gasteiger partial charge on any atom is -0.508 e. The molecule has 4 aromatic rings. The molecule has 0 amide bonds. The van der Waals surface area contributed by atoms with Crippen LogP contribution in [0, 0.1) is 11.6 Å². The van der Waals surface area contributed by atoms with Gasteiger partial charge in [0.05, 0.1) is 10.9 Å². The van der Waals surface area contributed by atoms with Gasteiger partial charge in [-0.2, -0.15) is 9.97 Å². The summed E-state index contributed by atoms with van der Waals surface area (Å²) in [6.45, 7) is 3.18. The van der Waals surface area contributed by atoms with Crippen LogP contribution >= 0.6 is 0 Å². The lowest BCUT2D eigenvalue weighted by atomic mass is 9.94. The number of carbonyl (C=O) groups is 1. The van der Waals surface area contributed by atoms with Gasteiger partial charge in [-0.1, -0.05) is 13.0 Å². The lowest BCUT2D eigenvalue weighted by Crippen LogP contribution is -2.44. The van der Waals surface area contributed by atoms with Crippen LogP contribution in [0.3, 0.4) is 0 Å². The van der Waals surface area contributed by atoms with Gasteiger partial charge < -0.3 is 14.7 Å². The number of phenolic OH excluding ortho intramolecular Hbond substituents is 1. The Morgan fingerprint density at radius 1 is 1.13 bits per heavy atom. The van der Waals surface area contributed by atoms with Crippen LogP contribution in [-0.4, -0.2) is 74.2 Å². The minimum absolute atomic E-state index is 0.0159. The normalized spacial score (nSPS) is 26.4. The second-order valence-corrected chi connectivity index (χ2v) is 13.1. The number of aryl methyl sites for hydroxylation is 1. The predicted octanol–water partition coefficient (Wildman–Crippen LogP) is 6.05. The number of piperidine rings is 1. The molecule has 0 radical (unpaired) electrons. The molecule has 6 heterocycles. The van der Waals surface area contributed by atoms with Crippen molar-refractivity contribution in [3.63, 3.8) is 0 Å². The number of anilines is 1. The summed E-state index contributed by atoms with van der Waals surface area (Å²) in [5, 5.41) is 12.0. The summed E-state index contributed by atoms with van der Waals surface area (Å²) in [5.41, 5.74) is 0.115. The average Bonchev–Trinajstić information content (AvgIpc) is 3.63. The van der Waals surface area contributed by atoms with Crippen LogP contribution in [0.5, 0.6) is 11.8 Å². The van der Waals surface area contributed by atoms with E-state index in [1.807, 2.05) is 6.92 Å². The lowest BCUT2D eigenvalue weighted by Gasteiger charge is -2.36. The summed E-state index contributed by atoms with van der Waals surface area (Å²) >= 11 is 0. The number of pyridine rings is 1. The Morgan fingerprint density at radius 3 is 2.71 bits per heavy atom. The van der Waals surface area contributed by atoms with Crippen LogP contribution < -0.4 is 9.64 Å². The molecular formula is C34H34F3N5O3. The van der Waals surface area contributed by atoms with Gasteiger partial charge in [0, 0.05) is 49.7 Å². The fourth-order valence-electron chi connectivity index (χ4n) is 8.47. The van der Waals surface area contributed by atoms with Gasteiger partial charge >= 0.3 is 6.01 Å². The van der Waals surface area contributed by atoms with Crippen molar-refractivity contribution in [2.75, 3.05) is 24.6 Å². The Morgan fingerprint density at radius 2 is 1.93 bits per heavy atom. The van der Waals surface area contributed by atoms with Gasteiger partial charge in [-0.3, -0.25) is 14.7 Å². The Kier molecular flexibility index (Phi) is 6.67. The van der Waals surface area contributed by atoms with E-state index in [4.69, 9.17) is 9.72 Å². The first kappa shape index (κ1) is 28.5. The summed E-state index contributed by atoms with van der Waals surface area (Å²) in [7, 11) is 0. The van der Waals surface area contributed by atoms with Crippen molar-refractivity contribution in [2.45, 2.75) is 82.1 Å². The van der Waals surface area contributed by atoms with E-state index in [0.29, 0.717) is 59.8 Å². The number of phenols is 1. The third-order valence-corrected chi connectivity index (χ3v) is 10.4. The maximum atomic E-state index is 16.8. The van der Waals surface area contributed by atoms with Crippen molar-refractivity contribution in [1.29, 1.82) is 0 Å². The number of rotatable bonds is 6. The highest BCUT2D eigenvalue weighted by atomic mass is 19.1. The number of Topliss-reactive ketones (excluding diaryl/α,β-unsaturated/α-hetero) is 1. The van der Waals surface area contributed by atoms with E-state index in [2.05, 4.69) is 19.8 Å². The van der Waals surface area contributed by atoms with Crippen molar-refractivity contribution in [1.82, 2.24) is 19.9 Å². The van der Waals surface area contributed by atoms with Gasteiger partial charge in [-0.05, 0) is 73.2 Å². The van der Waals surface area contributed by atoms with Gasteiger partial charge in [0.15, 0.2) is 5.82 Å². The zero-order chi connectivity index (χ0) is 31.0. The first-order chi connectivity index (χ1) is 21.7. The number of alkyl halides is 1. The summed E-state index contributed by atoms with van der Waals surface area (Å²) in [4.78, 5) is 30.6. The molecular weight excluding hydrogens is 583 g/mol. The fourth-order valence-corrected chi connectivity index (χ4v) is 8.47. The molecule has 0 spiro atoms. The van der Waals surface area contributed by atoms with Crippen molar-refractivity contribution >= 4 is 33.3 Å². The number of aromatic hydroxyl groups is 1. The van der Waals surface area contributed by atoms with E-state index in [1.165, 1.54) is 24.4 Å². The first-order valence-electron chi connectivity index (χ1n) is 15.9. The largest absolute Gasteiger partial charge is 0.508 e. The van der Waals surface area contributed by atoms with Crippen molar-refractivity contribution < 1.29 is 27.8 Å². The average molecular weight is 618 g/mol. The highest BCUT2D eigenvalue weighted by molar-refractivity contribution is 6.02. The van der Waals surface area contributed by atoms with Crippen molar-refractivity contribution in [3.05, 3.63) is 47.7 Å². The molecule has 2 unspecified atom stereocenters. The molecule has 8 rings (SSSR count). The molecule has 8 nitrogen and oxygen atoms in total. The van der Waals surface area contributed by atoms with Crippen LogP contribution in [0.2, 0.25) is 0 Å². The number of ether oxygens (including phenoxy) is 1.